The number of carboxylic acids is 1. The molecule has 3 aromatic heterocycles. The normalized spacial score (nSPS) is 10.7. The minimum atomic E-state index is -1.12. The Bertz CT molecular complexity index is 800. The molecule has 21 heavy (non-hydrogen) atoms. The lowest BCUT2D eigenvalue weighted by Crippen LogP contribution is -2.08. The minimum absolute atomic E-state index is 0.0442. The van der Waals surface area contributed by atoms with Gasteiger partial charge in [0.05, 0.1) is 12.3 Å². The average molecular weight is 285 g/mol. The maximum atomic E-state index is 11.4. The highest BCUT2D eigenvalue weighted by Gasteiger charge is 2.17. The van der Waals surface area contributed by atoms with Gasteiger partial charge in [0.1, 0.15) is 0 Å². The summed E-state index contributed by atoms with van der Waals surface area (Å²) in [7, 11) is 0. The molecule has 0 aliphatic heterocycles. The van der Waals surface area contributed by atoms with Crippen molar-refractivity contribution in [2.75, 3.05) is 6.61 Å². The number of rotatable bonds is 4. The molecule has 0 aromatic carbocycles. The van der Waals surface area contributed by atoms with E-state index in [0.717, 1.165) is 4.52 Å². The van der Waals surface area contributed by atoms with Crippen molar-refractivity contribution in [2.45, 2.75) is 6.92 Å². The summed E-state index contributed by atoms with van der Waals surface area (Å²) in [6.45, 7) is 2.17. The van der Waals surface area contributed by atoms with Gasteiger partial charge in [0.25, 0.3) is 5.78 Å². The number of fused-ring (bicyclic) bond motifs is 1. The Labute approximate surface area is 119 Å². The molecule has 1 N–H and O–H groups in total. The molecule has 0 radical (unpaired) electrons. The number of ether oxygens (including phenoxy) is 1. The zero-order valence-corrected chi connectivity index (χ0v) is 11.1. The number of carboxylic acid groups (broad SMARTS) is 1. The van der Waals surface area contributed by atoms with Crippen LogP contribution in [0.3, 0.4) is 0 Å². The minimum Gasteiger partial charge on any atom is -0.477 e. The summed E-state index contributed by atoms with van der Waals surface area (Å²) < 4.78 is 6.33. The Morgan fingerprint density at radius 1 is 1.43 bits per heavy atom. The van der Waals surface area contributed by atoms with Gasteiger partial charge in [-0.25, -0.2) is 9.78 Å². The lowest BCUT2D eigenvalue weighted by Gasteiger charge is -2.03. The third-order valence-electron chi connectivity index (χ3n) is 2.74. The van der Waals surface area contributed by atoms with Gasteiger partial charge in [-0.1, -0.05) is 0 Å². The molecule has 0 atom stereocenters. The molecule has 0 bridgehead atoms. The van der Waals surface area contributed by atoms with Crippen LogP contribution in [0.1, 0.15) is 17.4 Å². The van der Waals surface area contributed by atoms with E-state index in [1.54, 1.807) is 31.5 Å². The second kappa shape index (κ2) is 5.16. The summed E-state index contributed by atoms with van der Waals surface area (Å²) in [5.41, 5.74) is 1.12. The Kier molecular flexibility index (Phi) is 3.19. The summed E-state index contributed by atoms with van der Waals surface area (Å²) in [4.78, 5) is 23.8. The first kappa shape index (κ1) is 13.0. The molecule has 8 heteroatoms. The number of hydrogen-bond donors (Lipinski definition) is 1. The van der Waals surface area contributed by atoms with Crippen LogP contribution in [0.4, 0.5) is 0 Å². The lowest BCUT2D eigenvalue weighted by molar-refractivity contribution is 0.0687. The monoisotopic (exact) mass is 285 g/mol. The second-order valence-corrected chi connectivity index (χ2v) is 4.11. The van der Waals surface area contributed by atoms with Crippen molar-refractivity contribution in [3.05, 3.63) is 36.3 Å². The van der Waals surface area contributed by atoms with Gasteiger partial charge in [0.2, 0.25) is 0 Å². The van der Waals surface area contributed by atoms with Crippen molar-refractivity contribution < 1.29 is 14.6 Å². The van der Waals surface area contributed by atoms with Crippen molar-refractivity contribution in [3.63, 3.8) is 0 Å². The average Bonchev–Trinajstić information content (AvgIpc) is 2.89. The number of aromatic carboxylic acids is 1. The molecule has 0 spiro atoms. The Balaban J connectivity index is 2.22. The second-order valence-electron chi connectivity index (χ2n) is 4.11. The smallest absolute Gasteiger partial charge is 0.354 e. The fourth-order valence-corrected chi connectivity index (χ4v) is 1.85. The van der Waals surface area contributed by atoms with Crippen LogP contribution in [-0.4, -0.2) is 42.2 Å². The Morgan fingerprint density at radius 3 is 2.95 bits per heavy atom. The first-order valence-electron chi connectivity index (χ1n) is 6.23. The van der Waals surface area contributed by atoms with Crippen LogP contribution in [0.5, 0.6) is 6.01 Å². The highest BCUT2D eigenvalue weighted by atomic mass is 16.5. The summed E-state index contributed by atoms with van der Waals surface area (Å²) >= 11 is 0. The molecule has 106 valence electrons. The molecule has 0 saturated heterocycles. The van der Waals surface area contributed by atoms with E-state index >= 15 is 0 Å². The SMILES string of the molecule is CCOc1nc2nc(-c3cccnc3)cc(C(=O)O)n2n1. The fourth-order valence-electron chi connectivity index (χ4n) is 1.85. The number of aromatic nitrogens is 5. The van der Waals surface area contributed by atoms with E-state index in [-0.39, 0.29) is 17.5 Å². The Morgan fingerprint density at radius 2 is 2.29 bits per heavy atom. The van der Waals surface area contributed by atoms with Gasteiger partial charge in [-0.05, 0) is 25.1 Å². The van der Waals surface area contributed by atoms with Crippen LogP contribution < -0.4 is 4.74 Å². The standard InChI is InChI=1S/C13H11N5O3/c1-2-21-13-16-12-15-9(8-4-3-5-14-7-8)6-10(11(19)20)18(12)17-13/h3-7H,2H2,1H3,(H,19,20). The van der Waals surface area contributed by atoms with Gasteiger partial charge in [0.15, 0.2) is 5.69 Å². The summed E-state index contributed by atoms with van der Waals surface area (Å²) in [6.07, 6.45) is 3.23. The topological polar surface area (TPSA) is 102 Å². The maximum Gasteiger partial charge on any atom is 0.354 e. The van der Waals surface area contributed by atoms with Crippen molar-refractivity contribution in [1.29, 1.82) is 0 Å². The Hall–Kier alpha value is -3.03. The highest BCUT2D eigenvalue weighted by molar-refractivity contribution is 5.87. The van der Waals surface area contributed by atoms with Gasteiger partial charge in [-0.15, -0.1) is 5.10 Å². The van der Waals surface area contributed by atoms with Crippen molar-refractivity contribution in [2.24, 2.45) is 0 Å². The van der Waals surface area contributed by atoms with Gasteiger partial charge in [-0.3, -0.25) is 4.98 Å². The zero-order chi connectivity index (χ0) is 14.8. The van der Waals surface area contributed by atoms with Gasteiger partial charge in [0, 0.05) is 18.0 Å². The summed E-state index contributed by atoms with van der Waals surface area (Å²) in [5.74, 6) is -0.960. The first-order chi connectivity index (χ1) is 10.2. The predicted molar refractivity (Wildman–Crippen MR) is 72.1 cm³/mol. The molecule has 0 saturated carbocycles. The lowest BCUT2D eigenvalue weighted by atomic mass is 10.2. The van der Waals surface area contributed by atoms with Gasteiger partial charge in [-0.2, -0.15) is 9.50 Å². The molecule has 8 nitrogen and oxygen atoms in total. The van der Waals surface area contributed by atoms with E-state index in [2.05, 4.69) is 20.1 Å². The molecule has 0 aliphatic rings. The van der Waals surface area contributed by atoms with Crippen molar-refractivity contribution in [3.8, 4) is 17.3 Å². The molecule has 3 rings (SSSR count). The number of nitrogens with zero attached hydrogens (tertiary/aromatic N) is 5. The largest absolute Gasteiger partial charge is 0.477 e. The van der Waals surface area contributed by atoms with Crippen LogP contribution in [0, 0.1) is 0 Å². The molecule has 3 aromatic rings. The third kappa shape index (κ3) is 2.38. The molecule has 3 heterocycles. The van der Waals surface area contributed by atoms with Crippen molar-refractivity contribution >= 4 is 11.7 Å². The van der Waals surface area contributed by atoms with Crippen molar-refractivity contribution in [1.82, 2.24) is 24.6 Å². The number of pyridine rings is 1. The third-order valence-corrected chi connectivity index (χ3v) is 2.74. The van der Waals surface area contributed by atoms with E-state index in [0.29, 0.717) is 17.9 Å². The van der Waals surface area contributed by atoms with Crippen LogP contribution in [0.25, 0.3) is 17.0 Å². The molecule has 0 unspecified atom stereocenters. The van der Waals surface area contributed by atoms with Crippen LogP contribution in [-0.2, 0) is 0 Å². The number of hydrogen-bond acceptors (Lipinski definition) is 6. The fraction of sp³-hybridized carbons (Fsp3) is 0.154. The summed E-state index contributed by atoms with van der Waals surface area (Å²) in [6, 6.07) is 5.06. The molecule has 0 aliphatic carbocycles. The van der Waals surface area contributed by atoms with Crippen LogP contribution >= 0.6 is 0 Å². The maximum absolute atomic E-state index is 11.4. The van der Waals surface area contributed by atoms with Crippen LogP contribution in [0.2, 0.25) is 0 Å². The van der Waals surface area contributed by atoms with Crippen LogP contribution in [0.15, 0.2) is 30.6 Å². The molecular formula is C13H11N5O3. The van der Waals surface area contributed by atoms with E-state index in [9.17, 15) is 9.90 Å². The van der Waals surface area contributed by atoms with E-state index < -0.39 is 5.97 Å². The first-order valence-corrected chi connectivity index (χ1v) is 6.23. The van der Waals surface area contributed by atoms with Gasteiger partial charge >= 0.3 is 12.0 Å². The molecule has 0 fully saturated rings. The molecular weight excluding hydrogens is 274 g/mol. The predicted octanol–water partition coefficient (Wildman–Crippen LogP) is 1.28. The quantitative estimate of drug-likeness (QED) is 0.770. The summed E-state index contributed by atoms with van der Waals surface area (Å²) in [5, 5.41) is 13.3. The molecule has 0 amide bonds. The van der Waals surface area contributed by atoms with E-state index in [1.807, 2.05) is 0 Å². The zero-order valence-electron chi connectivity index (χ0n) is 11.1. The van der Waals surface area contributed by atoms with E-state index in [4.69, 9.17) is 4.74 Å². The number of carbonyl (C=O) groups is 1. The van der Waals surface area contributed by atoms with E-state index in [1.165, 1.54) is 6.07 Å². The van der Waals surface area contributed by atoms with Gasteiger partial charge < -0.3 is 9.84 Å². The highest BCUT2D eigenvalue weighted by Crippen LogP contribution is 2.19.